The summed E-state index contributed by atoms with van der Waals surface area (Å²) in [6.07, 6.45) is 4.75. The molecule has 1 aliphatic rings. The summed E-state index contributed by atoms with van der Waals surface area (Å²) in [5.74, 6) is 1.93. The average Bonchev–Trinajstić information content (AvgIpc) is 2.73. The quantitative estimate of drug-likeness (QED) is 0.876. The van der Waals surface area contributed by atoms with Gasteiger partial charge in [0.1, 0.15) is 5.82 Å². The van der Waals surface area contributed by atoms with Gasteiger partial charge in [-0.1, -0.05) is 41.9 Å². The van der Waals surface area contributed by atoms with Crippen molar-refractivity contribution in [2.45, 2.75) is 49.7 Å². The van der Waals surface area contributed by atoms with Crippen LogP contribution in [0.4, 0.5) is 0 Å². The summed E-state index contributed by atoms with van der Waals surface area (Å²) in [6, 6.07) is 6.03. The fourth-order valence-corrected chi connectivity index (χ4v) is 3.88. The van der Waals surface area contributed by atoms with Gasteiger partial charge in [0.15, 0.2) is 5.16 Å². The number of thioether (sulfide) groups is 1. The van der Waals surface area contributed by atoms with Gasteiger partial charge in [-0.2, -0.15) is 0 Å². The first-order valence-electron chi connectivity index (χ1n) is 7.30. The molecule has 2 aromatic rings. The maximum Gasteiger partial charge on any atom is 0.191 e. The van der Waals surface area contributed by atoms with Gasteiger partial charge in [0.05, 0.1) is 0 Å². The highest BCUT2D eigenvalue weighted by Gasteiger charge is 2.15. The second-order valence-corrected chi connectivity index (χ2v) is 6.63. The molecule has 1 aliphatic heterocycles. The predicted octanol–water partition coefficient (Wildman–Crippen LogP) is 3.41. The number of hydrogen-bond donors (Lipinski definition) is 1. The van der Waals surface area contributed by atoms with Crippen LogP contribution in [0.25, 0.3) is 0 Å². The SMILES string of the molecule is NCc1ccc(CSc2nnc3n2CCCCC3)c(Cl)c1. The zero-order valence-corrected chi connectivity index (χ0v) is 13.5. The standard InChI is InChI=1S/C15H19ClN4S/c16-13-8-11(9-17)5-6-12(13)10-21-15-19-18-14-4-2-1-3-7-20(14)15/h5-6,8H,1-4,7,9-10,17H2. The van der Waals surface area contributed by atoms with Crippen LogP contribution >= 0.6 is 23.4 Å². The number of nitrogens with zero attached hydrogens (tertiary/aromatic N) is 3. The lowest BCUT2D eigenvalue weighted by atomic mass is 10.1. The third-order valence-corrected chi connectivity index (χ3v) is 5.15. The maximum absolute atomic E-state index is 6.31. The first-order chi connectivity index (χ1) is 10.3. The van der Waals surface area contributed by atoms with Crippen LogP contribution < -0.4 is 5.73 Å². The van der Waals surface area contributed by atoms with Gasteiger partial charge in [-0.15, -0.1) is 10.2 Å². The van der Waals surface area contributed by atoms with Crippen molar-refractivity contribution in [3.8, 4) is 0 Å². The topological polar surface area (TPSA) is 56.7 Å². The van der Waals surface area contributed by atoms with Crippen molar-refractivity contribution in [2.24, 2.45) is 5.73 Å². The van der Waals surface area contributed by atoms with Crippen molar-refractivity contribution < 1.29 is 0 Å². The Morgan fingerprint density at radius 2 is 2.14 bits per heavy atom. The van der Waals surface area contributed by atoms with Crippen LogP contribution in [0.1, 0.15) is 36.2 Å². The zero-order chi connectivity index (χ0) is 14.7. The molecule has 112 valence electrons. The molecule has 2 heterocycles. The van der Waals surface area contributed by atoms with Crippen molar-refractivity contribution in [2.75, 3.05) is 0 Å². The highest BCUT2D eigenvalue weighted by atomic mass is 35.5. The summed E-state index contributed by atoms with van der Waals surface area (Å²) in [4.78, 5) is 0. The van der Waals surface area contributed by atoms with E-state index in [9.17, 15) is 0 Å². The lowest BCUT2D eigenvalue weighted by Gasteiger charge is -2.08. The Balaban J connectivity index is 1.72. The maximum atomic E-state index is 6.31. The lowest BCUT2D eigenvalue weighted by Crippen LogP contribution is -2.02. The van der Waals surface area contributed by atoms with Crippen molar-refractivity contribution in [1.29, 1.82) is 0 Å². The molecule has 1 aromatic heterocycles. The molecule has 0 unspecified atom stereocenters. The van der Waals surface area contributed by atoms with Gasteiger partial charge in [0, 0.05) is 30.3 Å². The molecular formula is C15H19ClN4S. The Bertz CT molecular complexity index is 626. The Hall–Kier alpha value is -1.04. The van der Waals surface area contributed by atoms with Crippen molar-refractivity contribution in [3.05, 3.63) is 40.2 Å². The van der Waals surface area contributed by atoms with Gasteiger partial charge in [-0.3, -0.25) is 0 Å². The van der Waals surface area contributed by atoms with Crippen LogP contribution in [-0.2, 0) is 25.3 Å². The largest absolute Gasteiger partial charge is 0.326 e. The Labute approximate surface area is 134 Å². The van der Waals surface area contributed by atoms with E-state index in [0.717, 1.165) is 45.8 Å². The van der Waals surface area contributed by atoms with E-state index in [2.05, 4.69) is 20.8 Å². The highest BCUT2D eigenvalue weighted by Crippen LogP contribution is 2.28. The zero-order valence-electron chi connectivity index (χ0n) is 11.9. The third-order valence-electron chi connectivity index (χ3n) is 3.79. The Morgan fingerprint density at radius 3 is 2.95 bits per heavy atom. The van der Waals surface area contributed by atoms with Crippen LogP contribution in [-0.4, -0.2) is 14.8 Å². The van der Waals surface area contributed by atoms with E-state index in [1.807, 2.05) is 12.1 Å². The number of aryl methyl sites for hydroxylation is 1. The monoisotopic (exact) mass is 322 g/mol. The second-order valence-electron chi connectivity index (χ2n) is 5.28. The molecule has 0 aliphatic carbocycles. The van der Waals surface area contributed by atoms with Crippen LogP contribution in [0.15, 0.2) is 23.4 Å². The van der Waals surface area contributed by atoms with E-state index in [4.69, 9.17) is 17.3 Å². The minimum atomic E-state index is 0.519. The van der Waals surface area contributed by atoms with Gasteiger partial charge in [-0.05, 0) is 30.0 Å². The summed E-state index contributed by atoms with van der Waals surface area (Å²) in [5.41, 5.74) is 7.80. The number of halogens is 1. The fraction of sp³-hybridized carbons (Fsp3) is 0.467. The molecule has 0 amide bonds. The van der Waals surface area contributed by atoms with Crippen molar-refractivity contribution in [1.82, 2.24) is 14.8 Å². The lowest BCUT2D eigenvalue weighted by molar-refractivity contribution is 0.591. The Kier molecular flexibility index (Phi) is 4.83. The van der Waals surface area contributed by atoms with Crippen molar-refractivity contribution in [3.63, 3.8) is 0 Å². The summed E-state index contributed by atoms with van der Waals surface area (Å²) in [7, 11) is 0. The Morgan fingerprint density at radius 1 is 1.24 bits per heavy atom. The third kappa shape index (κ3) is 3.42. The van der Waals surface area contributed by atoms with E-state index in [1.165, 1.54) is 19.3 Å². The molecule has 0 bridgehead atoms. The van der Waals surface area contributed by atoms with Gasteiger partial charge in [-0.25, -0.2) is 0 Å². The first-order valence-corrected chi connectivity index (χ1v) is 8.66. The van der Waals surface area contributed by atoms with E-state index in [-0.39, 0.29) is 0 Å². The van der Waals surface area contributed by atoms with E-state index in [1.54, 1.807) is 11.8 Å². The van der Waals surface area contributed by atoms with Crippen molar-refractivity contribution >= 4 is 23.4 Å². The average molecular weight is 323 g/mol. The summed E-state index contributed by atoms with van der Waals surface area (Å²) in [5, 5.41) is 10.4. The molecule has 0 atom stereocenters. The van der Waals surface area contributed by atoms with E-state index < -0.39 is 0 Å². The summed E-state index contributed by atoms with van der Waals surface area (Å²) >= 11 is 8.01. The van der Waals surface area contributed by atoms with E-state index >= 15 is 0 Å². The van der Waals surface area contributed by atoms with Gasteiger partial charge >= 0.3 is 0 Å². The molecule has 3 rings (SSSR count). The predicted molar refractivity (Wildman–Crippen MR) is 86.5 cm³/mol. The summed E-state index contributed by atoms with van der Waals surface area (Å²) < 4.78 is 2.26. The molecule has 21 heavy (non-hydrogen) atoms. The van der Waals surface area contributed by atoms with Crippen LogP contribution in [0.2, 0.25) is 5.02 Å². The van der Waals surface area contributed by atoms with E-state index in [0.29, 0.717) is 6.54 Å². The molecule has 6 heteroatoms. The molecule has 0 fully saturated rings. The number of hydrogen-bond acceptors (Lipinski definition) is 4. The molecule has 2 N–H and O–H groups in total. The number of nitrogens with two attached hydrogens (primary N) is 1. The van der Waals surface area contributed by atoms with Crippen LogP contribution in [0, 0.1) is 0 Å². The van der Waals surface area contributed by atoms with Crippen LogP contribution in [0.5, 0.6) is 0 Å². The normalized spacial score (nSPS) is 14.8. The molecule has 0 saturated heterocycles. The number of aromatic nitrogens is 3. The smallest absolute Gasteiger partial charge is 0.191 e. The highest BCUT2D eigenvalue weighted by molar-refractivity contribution is 7.98. The second kappa shape index (κ2) is 6.81. The summed E-state index contributed by atoms with van der Waals surface area (Å²) in [6.45, 7) is 1.55. The number of benzene rings is 1. The van der Waals surface area contributed by atoms with Gasteiger partial charge in [0.25, 0.3) is 0 Å². The molecule has 0 radical (unpaired) electrons. The van der Waals surface area contributed by atoms with Gasteiger partial charge in [0.2, 0.25) is 0 Å². The molecular weight excluding hydrogens is 304 g/mol. The molecule has 4 nitrogen and oxygen atoms in total. The molecule has 0 saturated carbocycles. The molecule has 1 aromatic carbocycles. The minimum Gasteiger partial charge on any atom is -0.326 e. The number of rotatable bonds is 4. The first kappa shape index (κ1) is 14.9. The minimum absolute atomic E-state index is 0.519. The molecule has 0 spiro atoms. The number of fused-ring (bicyclic) bond motifs is 1. The fourth-order valence-electron chi connectivity index (χ4n) is 2.54. The van der Waals surface area contributed by atoms with Gasteiger partial charge < -0.3 is 10.3 Å². The van der Waals surface area contributed by atoms with Crippen LogP contribution in [0.3, 0.4) is 0 Å².